The van der Waals surface area contributed by atoms with Crippen LogP contribution >= 0.6 is 0 Å². The van der Waals surface area contributed by atoms with Crippen LogP contribution in [0.4, 0.5) is 0 Å². The first-order chi connectivity index (χ1) is 4.12. The van der Waals surface area contributed by atoms with E-state index >= 15 is 0 Å². The lowest BCUT2D eigenvalue weighted by atomic mass is 10.2. The van der Waals surface area contributed by atoms with Crippen LogP contribution in [0.25, 0.3) is 0 Å². The van der Waals surface area contributed by atoms with Gasteiger partial charge in [-0.25, -0.2) is 0 Å². The Morgan fingerprint density at radius 2 is 2.11 bits per heavy atom. The molecular weight excluding hydrogens is 112 g/mol. The summed E-state index contributed by atoms with van der Waals surface area (Å²) < 4.78 is 5.49. The minimum Gasteiger partial charge on any atom is -0.375 e. The molecule has 0 aromatic heterocycles. The first-order valence-corrected chi connectivity index (χ1v) is 3.62. The van der Waals surface area contributed by atoms with Crippen LogP contribution in [0.1, 0.15) is 26.7 Å². The van der Waals surface area contributed by atoms with E-state index in [9.17, 15) is 0 Å². The Labute approximate surface area is 57.4 Å². The van der Waals surface area contributed by atoms with Crippen LogP contribution in [0.5, 0.6) is 0 Å². The van der Waals surface area contributed by atoms with Crippen molar-refractivity contribution in [2.45, 2.75) is 32.3 Å². The number of hydrogen-bond acceptors (Lipinski definition) is 1. The molecule has 1 nitrogen and oxygen atoms in total. The molecule has 0 N–H and O–H groups in total. The molecule has 0 unspecified atom stereocenters. The average molecular weight is 127 g/mol. The molecule has 0 spiro atoms. The molecule has 0 aromatic carbocycles. The van der Waals surface area contributed by atoms with Gasteiger partial charge in [0.25, 0.3) is 0 Å². The van der Waals surface area contributed by atoms with Gasteiger partial charge in [-0.3, -0.25) is 0 Å². The van der Waals surface area contributed by atoms with E-state index in [1.54, 1.807) is 0 Å². The van der Waals surface area contributed by atoms with Gasteiger partial charge in [0.15, 0.2) is 0 Å². The second-order valence-corrected chi connectivity index (χ2v) is 3.39. The highest BCUT2D eigenvalue weighted by atomic mass is 16.5. The van der Waals surface area contributed by atoms with E-state index in [4.69, 9.17) is 4.74 Å². The van der Waals surface area contributed by atoms with Gasteiger partial charge in [-0.15, -0.1) is 0 Å². The molecule has 1 radical (unpaired) electrons. The molecule has 1 aliphatic carbocycles. The maximum Gasteiger partial charge on any atom is 0.0685 e. The molecule has 1 aliphatic rings. The highest BCUT2D eigenvalue weighted by Crippen LogP contribution is 2.38. The third-order valence-corrected chi connectivity index (χ3v) is 1.53. The van der Waals surface area contributed by atoms with Crippen LogP contribution in [-0.2, 0) is 4.74 Å². The van der Waals surface area contributed by atoms with Gasteiger partial charge in [0.05, 0.1) is 5.60 Å². The van der Waals surface area contributed by atoms with Crippen molar-refractivity contribution >= 4 is 0 Å². The Morgan fingerprint density at radius 3 is 2.44 bits per heavy atom. The zero-order valence-electron chi connectivity index (χ0n) is 6.31. The minimum absolute atomic E-state index is 0.0320. The largest absolute Gasteiger partial charge is 0.375 e. The van der Waals surface area contributed by atoms with Crippen LogP contribution in [0.15, 0.2) is 0 Å². The summed E-state index contributed by atoms with van der Waals surface area (Å²) in [5, 5.41) is 0. The maximum atomic E-state index is 5.49. The van der Waals surface area contributed by atoms with Crippen LogP contribution in [0.3, 0.4) is 0 Å². The van der Waals surface area contributed by atoms with Gasteiger partial charge in [0.1, 0.15) is 0 Å². The van der Waals surface area contributed by atoms with Crippen LogP contribution in [0, 0.1) is 12.8 Å². The molecule has 0 aliphatic heterocycles. The van der Waals surface area contributed by atoms with Gasteiger partial charge < -0.3 is 4.74 Å². The second-order valence-electron chi connectivity index (χ2n) is 3.39. The normalized spacial score (nSPS) is 22.7. The van der Waals surface area contributed by atoms with Crippen molar-refractivity contribution in [3.8, 4) is 0 Å². The van der Waals surface area contributed by atoms with Crippen molar-refractivity contribution in [3.05, 3.63) is 6.92 Å². The zero-order chi connectivity index (χ0) is 6.91. The van der Waals surface area contributed by atoms with Crippen molar-refractivity contribution in [1.29, 1.82) is 0 Å². The Kier molecular flexibility index (Phi) is 1.80. The van der Waals surface area contributed by atoms with Crippen LogP contribution in [0.2, 0.25) is 0 Å². The third-order valence-electron chi connectivity index (χ3n) is 1.53. The van der Waals surface area contributed by atoms with Crippen molar-refractivity contribution < 1.29 is 4.74 Å². The van der Waals surface area contributed by atoms with Crippen molar-refractivity contribution in [1.82, 2.24) is 0 Å². The summed E-state index contributed by atoms with van der Waals surface area (Å²) in [5.41, 5.74) is 0.0320. The van der Waals surface area contributed by atoms with E-state index in [0.717, 1.165) is 19.4 Å². The Hall–Kier alpha value is -0.0400. The fourth-order valence-electron chi connectivity index (χ4n) is 0.627. The Bertz CT molecular complexity index is 92.7. The summed E-state index contributed by atoms with van der Waals surface area (Å²) in [6, 6.07) is 0. The molecular formula is C8H15O. The topological polar surface area (TPSA) is 9.23 Å². The SMILES string of the molecule is [CH2]C1(OCC(C)C)CC1. The molecule has 9 heavy (non-hydrogen) atoms. The number of rotatable bonds is 3. The quantitative estimate of drug-likeness (QED) is 0.563. The van der Waals surface area contributed by atoms with Gasteiger partial charge in [-0.1, -0.05) is 13.8 Å². The molecule has 1 saturated carbocycles. The number of ether oxygens (including phenoxy) is 1. The lowest BCUT2D eigenvalue weighted by Crippen LogP contribution is -2.13. The molecule has 0 amide bonds. The Morgan fingerprint density at radius 1 is 1.56 bits per heavy atom. The van der Waals surface area contributed by atoms with E-state index in [2.05, 4.69) is 20.8 Å². The van der Waals surface area contributed by atoms with Crippen molar-refractivity contribution in [2.75, 3.05) is 6.61 Å². The van der Waals surface area contributed by atoms with Gasteiger partial charge in [-0.2, -0.15) is 0 Å². The van der Waals surface area contributed by atoms with E-state index in [0.29, 0.717) is 5.92 Å². The van der Waals surface area contributed by atoms with Crippen molar-refractivity contribution in [2.24, 2.45) is 5.92 Å². The molecule has 0 atom stereocenters. The lowest BCUT2D eigenvalue weighted by molar-refractivity contribution is 0.0461. The molecule has 0 saturated heterocycles. The summed E-state index contributed by atoms with van der Waals surface area (Å²) >= 11 is 0. The fraction of sp³-hybridized carbons (Fsp3) is 0.875. The predicted molar refractivity (Wildman–Crippen MR) is 38.1 cm³/mol. The van der Waals surface area contributed by atoms with Gasteiger partial charge in [0.2, 0.25) is 0 Å². The number of hydrogen-bond donors (Lipinski definition) is 0. The predicted octanol–water partition coefficient (Wildman–Crippen LogP) is 2.03. The van der Waals surface area contributed by atoms with Crippen LogP contribution < -0.4 is 0 Å². The van der Waals surface area contributed by atoms with Gasteiger partial charge >= 0.3 is 0 Å². The summed E-state index contributed by atoms with van der Waals surface area (Å²) in [6.07, 6.45) is 2.31. The average Bonchev–Trinajstić information content (AvgIpc) is 2.45. The Balaban J connectivity index is 2.05. The lowest BCUT2D eigenvalue weighted by Gasteiger charge is -2.11. The monoisotopic (exact) mass is 127 g/mol. The summed E-state index contributed by atoms with van der Waals surface area (Å²) in [5.74, 6) is 0.643. The molecule has 0 aromatic rings. The van der Waals surface area contributed by atoms with E-state index in [1.807, 2.05) is 0 Å². The third kappa shape index (κ3) is 2.35. The highest BCUT2D eigenvalue weighted by molar-refractivity contribution is 4.98. The summed E-state index contributed by atoms with van der Waals surface area (Å²) in [6.45, 7) is 9.11. The van der Waals surface area contributed by atoms with Crippen molar-refractivity contribution in [3.63, 3.8) is 0 Å². The first kappa shape index (κ1) is 7.07. The molecule has 53 valence electrons. The maximum absolute atomic E-state index is 5.49. The smallest absolute Gasteiger partial charge is 0.0685 e. The van der Waals surface area contributed by atoms with E-state index in [1.165, 1.54) is 0 Å². The fourth-order valence-corrected chi connectivity index (χ4v) is 0.627. The van der Waals surface area contributed by atoms with E-state index < -0.39 is 0 Å². The minimum atomic E-state index is 0.0320. The van der Waals surface area contributed by atoms with E-state index in [-0.39, 0.29) is 5.60 Å². The standard InChI is InChI=1S/C8H15O/c1-7(2)6-9-8(3)4-5-8/h7H,3-6H2,1-2H3. The summed E-state index contributed by atoms with van der Waals surface area (Å²) in [4.78, 5) is 0. The van der Waals surface area contributed by atoms with Crippen LogP contribution in [-0.4, -0.2) is 12.2 Å². The molecule has 1 fully saturated rings. The van der Waals surface area contributed by atoms with Gasteiger partial charge in [-0.05, 0) is 25.7 Å². The second kappa shape index (κ2) is 2.30. The first-order valence-electron chi connectivity index (χ1n) is 3.62. The molecule has 1 rings (SSSR count). The van der Waals surface area contributed by atoms with Gasteiger partial charge in [0, 0.05) is 6.61 Å². The molecule has 1 heteroatoms. The summed E-state index contributed by atoms with van der Waals surface area (Å²) in [7, 11) is 0. The molecule has 0 heterocycles. The highest BCUT2D eigenvalue weighted by Gasteiger charge is 2.38. The molecule has 0 bridgehead atoms. The zero-order valence-corrected chi connectivity index (χ0v) is 6.31.